The van der Waals surface area contributed by atoms with Crippen LogP contribution in [-0.2, 0) is 0 Å². The van der Waals surface area contributed by atoms with Gasteiger partial charge in [0.2, 0.25) is 0 Å². The highest BCUT2D eigenvalue weighted by Crippen LogP contribution is 2.33. The van der Waals surface area contributed by atoms with Crippen molar-refractivity contribution in [3.8, 4) is 0 Å². The quantitative estimate of drug-likeness (QED) is 0.704. The van der Waals surface area contributed by atoms with E-state index in [1.807, 2.05) is 43.0 Å². The van der Waals surface area contributed by atoms with Crippen molar-refractivity contribution in [2.45, 2.75) is 39.2 Å². The van der Waals surface area contributed by atoms with E-state index in [9.17, 15) is 4.79 Å². The number of fused-ring (bicyclic) bond motifs is 1. The maximum Gasteiger partial charge on any atom is 0.258 e. The molecule has 5 nitrogen and oxygen atoms in total. The number of benzene rings is 1. The van der Waals surface area contributed by atoms with Crippen molar-refractivity contribution < 1.29 is 9.32 Å². The molecule has 0 N–H and O–H groups in total. The molecule has 4 rings (SSSR count). The van der Waals surface area contributed by atoms with Crippen LogP contribution in [-0.4, -0.2) is 27.5 Å². The second-order valence-electron chi connectivity index (χ2n) is 6.68. The van der Waals surface area contributed by atoms with Gasteiger partial charge in [0.15, 0.2) is 0 Å². The highest BCUT2D eigenvalue weighted by molar-refractivity contribution is 6.06. The van der Waals surface area contributed by atoms with Gasteiger partial charge in [0.25, 0.3) is 11.6 Å². The molecule has 0 aliphatic carbocycles. The summed E-state index contributed by atoms with van der Waals surface area (Å²) in [5, 5.41) is 4.72. The first kappa shape index (κ1) is 15.8. The lowest BCUT2D eigenvalue weighted by Gasteiger charge is -2.36. The van der Waals surface area contributed by atoms with Crippen molar-refractivity contribution >= 4 is 17.0 Å². The molecule has 128 valence electrons. The van der Waals surface area contributed by atoms with Crippen molar-refractivity contribution in [1.29, 1.82) is 0 Å². The summed E-state index contributed by atoms with van der Waals surface area (Å²) < 4.78 is 5.29. The number of carbonyl (C=O) groups excluding carboxylic acids is 1. The van der Waals surface area contributed by atoms with E-state index in [1.165, 1.54) is 5.56 Å². The fraction of sp³-hybridized carbons (Fsp3) is 0.350. The molecule has 1 saturated heterocycles. The molecule has 1 aliphatic rings. The molecule has 1 aromatic carbocycles. The van der Waals surface area contributed by atoms with Crippen molar-refractivity contribution in [1.82, 2.24) is 15.0 Å². The van der Waals surface area contributed by atoms with Gasteiger partial charge in [-0.05, 0) is 44.7 Å². The Bertz CT molecular complexity index is 917. The van der Waals surface area contributed by atoms with E-state index in [2.05, 4.69) is 22.3 Å². The molecule has 3 heterocycles. The number of piperidine rings is 1. The van der Waals surface area contributed by atoms with Crippen LogP contribution in [0.2, 0.25) is 0 Å². The Morgan fingerprint density at radius 3 is 2.80 bits per heavy atom. The monoisotopic (exact) mass is 335 g/mol. The number of rotatable bonds is 2. The molecule has 1 fully saturated rings. The van der Waals surface area contributed by atoms with Gasteiger partial charge in [0, 0.05) is 12.2 Å². The number of hydrogen-bond acceptors (Lipinski definition) is 4. The number of amides is 1. The standard InChI is InChI=1S/C20H21N3O2/c1-13-12-16(18-14(2)22-25-19(18)21-13)20(24)23-11-7-6-10-17(23)15-8-4-3-5-9-15/h3-5,8-9,12,17H,6-7,10-11H2,1-2H3/t17-/m1/s1. The van der Waals surface area contributed by atoms with Crippen molar-refractivity contribution in [3.05, 3.63) is 58.9 Å². The number of nitrogens with zero attached hydrogens (tertiary/aromatic N) is 3. The average molecular weight is 335 g/mol. The molecule has 0 spiro atoms. The van der Waals surface area contributed by atoms with Gasteiger partial charge in [-0.15, -0.1) is 0 Å². The highest BCUT2D eigenvalue weighted by Gasteiger charge is 2.30. The summed E-state index contributed by atoms with van der Waals surface area (Å²) in [5.74, 6) is 0.0374. The minimum atomic E-state index is 0.0374. The first-order chi connectivity index (χ1) is 12.1. The molecule has 1 atom stereocenters. The van der Waals surface area contributed by atoms with Gasteiger partial charge < -0.3 is 9.42 Å². The van der Waals surface area contributed by atoms with Crippen LogP contribution in [0.4, 0.5) is 0 Å². The molecule has 5 heteroatoms. The van der Waals surface area contributed by atoms with Crippen molar-refractivity contribution in [3.63, 3.8) is 0 Å². The Morgan fingerprint density at radius 1 is 1.20 bits per heavy atom. The maximum absolute atomic E-state index is 13.4. The summed E-state index contributed by atoms with van der Waals surface area (Å²) >= 11 is 0. The normalized spacial score (nSPS) is 17.8. The molecule has 0 radical (unpaired) electrons. The zero-order chi connectivity index (χ0) is 17.4. The fourth-order valence-electron chi connectivity index (χ4n) is 3.74. The third-order valence-electron chi connectivity index (χ3n) is 4.92. The second kappa shape index (κ2) is 6.31. The van der Waals surface area contributed by atoms with Gasteiger partial charge in [-0.2, -0.15) is 0 Å². The molecule has 1 amide bonds. The SMILES string of the molecule is Cc1cc(C(=O)N2CCCC[C@@H]2c2ccccc2)c2c(C)noc2n1. The molecule has 0 unspecified atom stereocenters. The largest absolute Gasteiger partial charge is 0.336 e. The second-order valence-corrected chi connectivity index (χ2v) is 6.68. The van der Waals surface area contributed by atoms with E-state index < -0.39 is 0 Å². The summed E-state index contributed by atoms with van der Waals surface area (Å²) in [7, 11) is 0. The fourth-order valence-corrected chi connectivity index (χ4v) is 3.74. The Morgan fingerprint density at radius 2 is 2.00 bits per heavy atom. The molecular formula is C20H21N3O2. The lowest BCUT2D eigenvalue weighted by Crippen LogP contribution is -2.38. The third kappa shape index (κ3) is 2.80. The van der Waals surface area contributed by atoms with Crippen LogP contribution in [0.1, 0.15) is 52.6 Å². The van der Waals surface area contributed by atoms with E-state index in [-0.39, 0.29) is 11.9 Å². The predicted octanol–water partition coefficient (Wildman–Crippen LogP) is 4.21. The van der Waals surface area contributed by atoms with Crippen LogP contribution in [0.25, 0.3) is 11.1 Å². The maximum atomic E-state index is 13.4. The topological polar surface area (TPSA) is 59.2 Å². The number of aryl methyl sites for hydroxylation is 2. The van der Waals surface area contributed by atoms with Gasteiger partial charge in [0.1, 0.15) is 0 Å². The van der Waals surface area contributed by atoms with Gasteiger partial charge in [-0.3, -0.25) is 4.79 Å². The lowest BCUT2D eigenvalue weighted by molar-refractivity contribution is 0.0613. The lowest BCUT2D eigenvalue weighted by atomic mass is 9.94. The van der Waals surface area contributed by atoms with Gasteiger partial charge in [-0.1, -0.05) is 35.5 Å². The predicted molar refractivity (Wildman–Crippen MR) is 95.3 cm³/mol. The van der Waals surface area contributed by atoms with Crippen LogP contribution in [0.5, 0.6) is 0 Å². The Hall–Kier alpha value is -2.69. The van der Waals surface area contributed by atoms with Crippen molar-refractivity contribution in [2.24, 2.45) is 0 Å². The van der Waals surface area contributed by atoms with Crippen LogP contribution < -0.4 is 0 Å². The van der Waals surface area contributed by atoms with Gasteiger partial charge >= 0.3 is 0 Å². The summed E-state index contributed by atoms with van der Waals surface area (Å²) in [5.41, 5.74) is 3.75. The van der Waals surface area contributed by atoms with E-state index >= 15 is 0 Å². The summed E-state index contributed by atoms with van der Waals surface area (Å²) in [6.45, 7) is 4.50. The zero-order valence-electron chi connectivity index (χ0n) is 14.5. The summed E-state index contributed by atoms with van der Waals surface area (Å²) in [6, 6.07) is 12.3. The number of carbonyl (C=O) groups is 1. The van der Waals surface area contributed by atoms with Gasteiger partial charge in [0.05, 0.1) is 22.7 Å². The average Bonchev–Trinajstić information content (AvgIpc) is 3.02. The molecule has 25 heavy (non-hydrogen) atoms. The zero-order valence-corrected chi connectivity index (χ0v) is 14.5. The first-order valence-electron chi connectivity index (χ1n) is 8.74. The van der Waals surface area contributed by atoms with E-state index in [4.69, 9.17) is 4.52 Å². The minimum absolute atomic E-state index is 0.0374. The Balaban J connectivity index is 1.78. The van der Waals surface area contributed by atoms with E-state index in [1.54, 1.807) is 0 Å². The number of hydrogen-bond donors (Lipinski definition) is 0. The number of pyridine rings is 1. The van der Waals surface area contributed by atoms with Crippen LogP contribution in [0, 0.1) is 13.8 Å². The summed E-state index contributed by atoms with van der Waals surface area (Å²) in [6.07, 6.45) is 3.16. The Kier molecular flexibility index (Phi) is 3.99. The molecule has 1 aliphatic heterocycles. The highest BCUT2D eigenvalue weighted by atomic mass is 16.5. The van der Waals surface area contributed by atoms with Crippen LogP contribution in [0.15, 0.2) is 40.9 Å². The van der Waals surface area contributed by atoms with E-state index in [0.717, 1.165) is 36.9 Å². The number of aromatic nitrogens is 2. The smallest absolute Gasteiger partial charge is 0.258 e. The van der Waals surface area contributed by atoms with E-state index in [0.29, 0.717) is 17.0 Å². The molecule has 0 bridgehead atoms. The molecule has 0 saturated carbocycles. The minimum Gasteiger partial charge on any atom is -0.336 e. The molecular weight excluding hydrogens is 314 g/mol. The molecule has 3 aromatic rings. The molecule has 2 aromatic heterocycles. The van der Waals surface area contributed by atoms with Gasteiger partial charge in [-0.25, -0.2) is 4.98 Å². The summed E-state index contributed by atoms with van der Waals surface area (Å²) in [4.78, 5) is 19.8. The third-order valence-corrected chi connectivity index (χ3v) is 4.92. The Labute approximate surface area is 146 Å². The van der Waals surface area contributed by atoms with Crippen LogP contribution in [0.3, 0.4) is 0 Å². The van der Waals surface area contributed by atoms with Crippen LogP contribution >= 0.6 is 0 Å². The number of likely N-dealkylation sites (tertiary alicyclic amines) is 1. The first-order valence-corrected chi connectivity index (χ1v) is 8.74. The van der Waals surface area contributed by atoms with Crippen molar-refractivity contribution in [2.75, 3.05) is 6.54 Å².